The molecule has 4 nitrogen and oxygen atoms in total. The largest absolute Gasteiger partial charge is 0.314 e. The Kier molecular flexibility index (Phi) is 5.90. The third-order valence-corrected chi connectivity index (χ3v) is 3.91. The summed E-state index contributed by atoms with van der Waals surface area (Å²) in [6, 6.07) is 4.01. The van der Waals surface area contributed by atoms with Crippen molar-refractivity contribution in [3.8, 4) is 0 Å². The van der Waals surface area contributed by atoms with Gasteiger partial charge in [0.25, 0.3) is 0 Å². The van der Waals surface area contributed by atoms with Crippen LogP contribution in [0.15, 0.2) is 23.1 Å². The first-order valence-corrected chi connectivity index (χ1v) is 7.97. The van der Waals surface area contributed by atoms with Gasteiger partial charge < -0.3 is 5.32 Å². The summed E-state index contributed by atoms with van der Waals surface area (Å²) in [6.45, 7) is 4.99. The summed E-state index contributed by atoms with van der Waals surface area (Å²) in [4.78, 5) is -0.191. The Bertz CT molecular complexity index is 517. The maximum atomic E-state index is 13.9. The van der Waals surface area contributed by atoms with Crippen LogP contribution in [0.25, 0.3) is 0 Å². The van der Waals surface area contributed by atoms with E-state index in [4.69, 9.17) is 5.14 Å². The number of halogens is 1. The van der Waals surface area contributed by atoms with Crippen LogP contribution in [0.3, 0.4) is 0 Å². The van der Waals surface area contributed by atoms with E-state index in [0.29, 0.717) is 12.0 Å². The van der Waals surface area contributed by atoms with E-state index in [-0.39, 0.29) is 10.9 Å². The molecule has 0 aliphatic rings. The van der Waals surface area contributed by atoms with Gasteiger partial charge in [0.05, 0.1) is 4.90 Å². The number of hydrogen-bond acceptors (Lipinski definition) is 3. The van der Waals surface area contributed by atoms with Gasteiger partial charge in [-0.1, -0.05) is 19.9 Å². The van der Waals surface area contributed by atoms with Crippen molar-refractivity contribution in [3.63, 3.8) is 0 Å². The fourth-order valence-electron chi connectivity index (χ4n) is 1.85. The van der Waals surface area contributed by atoms with Gasteiger partial charge in [0.1, 0.15) is 5.82 Å². The zero-order valence-electron chi connectivity index (χ0n) is 11.3. The monoisotopic (exact) mass is 288 g/mol. The van der Waals surface area contributed by atoms with Crippen molar-refractivity contribution in [3.05, 3.63) is 29.6 Å². The first kappa shape index (κ1) is 16.1. The number of sulfonamides is 1. The zero-order valence-corrected chi connectivity index (χ0v) is 12.1. The van der Waals surface area contributed by atoms with E-state index in [2.05, 4.69) is 12.2 Å². The van der Waals surface area contributed by atoms with Crippen LogP contribution in [0.5, 0.6) is 0 Å². The molecule has 108 valence electrons. The lowest BCUT2D eigenvalue weighted by Crippen LogP contribution is -2.31. The van der Waals surface area contributed by atoms with E-state index in [1.807, 2.05) is 6.92 Å². The van der Waals surface area contributed by atoms with Gasteiger partial charge in [-0.15, -0.1) is 0 Å². The Morgan fingerprint density at radius 3 is 2.53 bits per heavy atom. The highest BCUT2D eigenvalue weighted by molar-refractivity contribution is 7.89. The molecule has 0 amide bonds. The molecule has 0 spiro atoms. The van der Waals surface area contributed by atoms with Crippen LogP contribution in [0, 0.1) is 5.82 Å². The van der Waals surface area contributed by atoms with Crippen molar-refractivity contribution >= 4 is 10.0 Å². The molecule has 1 atom stereocenters. The molecule has 6 heteroatoms. The zero-order chi connectivity index (χ0) is 14.5. The maximum Gasteiger partial charge on any atom is 0.238 e. The van der Waals surface area contributed by atoms with Crippen LogP contribution in [-0.2, 0) is 16.4 Å². The highest BCUT2D eigenvalue weighted by atomic mass is 32.2. The molecule has 0 bridgehead atoms. The summed E-state index contributed by atoms with van der Waals surface area (Å²) in [7, 11) is -3.85. The Balaban J connectivity index is 2.85. The number of hydrogen-bond donors (Lipinski definition) is 2. The maximum absolute atomic E-state index is 13.9. The average molecular weight is 288 g/mol. The van der Waals surface area contributed by atoms with Gasteiger partial charge in [-0.25, -0.2) is 17.9 Å². The minimum Gasteiger partial charge on any atom is -0.314 e. The third kappa shape index (κ3) is 4.89. The number of primary sulfonamides is 1. The quantitative estimate of drug-likeness (QED) is 0.803. The molecule has 1 aromatic carbocycles. The van der Waals surface area contributed by atoms with Crippen molar-refractivity contribution in [2.45, 2.75) is 44.0 Å². The third-order valence-electron chi connectivity index (χ3n) is 3.00. The van der Waals surface area contributed by atoms with Crippen molar-refractivity contribution in [1.82, 2.24) is 5.32 Å². The smallest absolute Gasteiger partial charge is 0.238 e. The van der Waals surface area contributed by atoms with E-state index in [0.717, 1.165) is 25.5 Å². The van der Waals surface area contributed by atoms with E-state index < -0.39 is 15.8 Å². The second kappa shape index (κ2) is 6.98. The first-order valence-electron chi connectivity index (χ1n) is 6.43. The van der Waals surface area contributed by atoms with Gasteiger partial charge in [-0.05, 0) is 43.5 Å². The Hall–Kier alpha value is -0.980. The fourth-order valence-corrected chi connectivity index (χ4v) is 2.37. The first-order chi connectivity index (χ1) is 8.88. The SMILES string of the molecule is CCCNC(CC)Cc1ccc(S(N)(=O)=O)cc1F. The fraction of sp³-hybridized carbons (Fsp3) is 0.538. The van der Waals surface area contributed by atoms with E-state index in [1.165, 1.54) is 12.1 Å². The van der Waals surface area contributed by atoms with Gasteiger partial charge in [0.15, 0.2) is 0 Å². The lowest BCUT2D eigenvalue weighted by molar-refractivity contribution is 0.483. The topological polar surface area (TPSA) is 72.2 Å². The molecule has 0 aliphatic heterocycles. The highest BCUT2D eigenvalue weighted by Crippen LogP contribution is 2.16. The number of nitrogens with one attached hydrogen (secondary N) is 1. The number of rotatable bonds is 7. The molecule has 0 radical (unpaired) electrons. The molecule has 0 saturated heterocycles. The van der Waals surface area contributed by atoms with Crippen molar-refractivity contribution in [2.75, 3.05) is 6.54 Å². The van der Waals surface area contributed by atoms with Crippen LogP contribution < -0.4 is 10.5 Å². The van der Waals surface area contributed by atoms with Crippen molar-refractivity contribution in [2.24, 2.45) is 5.14 Å². The van der Waals surface area contributed by atoms with Crippen LogP contribution in [0.2, 0.25) is 0 Å². The Labute approximate surface area is 114 Å². The number of benzene rings is 1. The molecule has 1 rings (SSSR count). The van der Waals surface area contributed by atoms with E-state index in [1.54, 1.807) is 0 Å². The second-order valence-electron chi connectivity index (χ2n) is 4.56. The van der Waals surface area contributed by atoms with Gasteiger partial charge in [0.2, 0.25) is 10.0 Å². The van der Waals surface area contributed by atoms with Gasteiger partial charge >= 0.3 is 0 Å². The van der Waals surface area contributed by atoms with E-state index >= 15 is 0 Å². The molecule has 0 aliphatic carbocycles. The summed E-state index contributed by atoms with van der Waals surface area (Å²) in [5.74, 6) is -0.525. The van der Waals surface area contributed by atoms with Crippen molar-refractivity contribution in [1.29, 1.82) is 0 Å². The summed E-state index contributed by atoms with van der Waals surface area (Å²) in [5, 5.41) is 8.29. The summed E-state index contributed by atoms with van der Waals surface area (Å²) < 4.78 is 36.1. The molecular formula is C13H21FN2O2S. The normalized spacial score (nSPS) is 13.5. The molecular weight excluding hydrogens is 267 g/mol. The van der Waals surface area contributed by atoms with Crippen LogP contribution in [-0.4, -0.2) is 21.0 Å². The minimum atomic E-state index is -3.85. The predicted molar refractivity (Wildman–Crippen MR) is 73.8 cm³/mol. The van der Waals surface area contributed by atoms with Crippen LogP contribution in [0.4, 0.5) is 4.39 Å². The average Bonchev–Trinajstić information content (AvgIpc) is 2.35. The molecule has 19 heavy (non-hydrogen) atoms. The summed E-state index contributed by atoms with van der Waals surface area (Å²) in [5.41, 5.74) is 0.503. The molecule has 1 aromatic rings. The highest BCUT2D eigenvalue weighted by Gasteiger charge is 2.14. The minimum absolute atomic E-state index is 0.190. The molecule has 0 fully saturated rings. The summed E-state index contributed by atoms with van der Waals surface area (Å²) in [6.07, 6.45) is 2.44. The molecule has 3 N–H and O–H groups in total. The molecule has 0 heterocycles. The molecule has 0 aromatic heterocycles. The van der Waals surface area contributed by atoms with Crippen molar-refractivity contribution < 1.29 is 12.8 Å². The predicted octanol–water partition coefficient (Wildman–Crippen LogP) is 1.79. The van der Waals surface area contributed by atoms with Gasteiger partial charge in [0, 0.05) is 6.04 Å². The molecule has 1 unspecified atom stereocenters. The van der Waals surface area contributed by atoms with Crippen LogP contribution in [0.1, 0.15) is 32.3 Å². The Morgan fingerprint density at radius 1 is 1.37 bits per heavy atom. The summed E-state index contributed by atoms with van der Waals surface area (Å²) >= 11 is 0. The van der Waals surface area contributed by atoms with E-state index in [9.17, 15) is 12.8 Å². The second-order valence-corrected chi connectivity index (χ2v) is 6.12. The van der Waals surface area contributed by atoms with Gasteiger partial charge in [-0.2, -0.15) is 0 Å². The van der Waals surface area contributed by atoms with Crippen LogP contribution >= 0.6 is 0 Å². The van der Waals surface area contributed by atoms with Gasteiger partial charge in [-0.3, -0.25) is 0 Å². The lowest BCUT2D eigenvalue weighted by atomic mass is 10.0. The molecule has 0 saturated carbocycles. The lowest BCUT2D eigenvalue weighted by Gasteiger charge is -2.17. The Morgan fingerprint density at radius 2 is 2.05 bits per heavy atom. The standard InChI is InChI=1S/C13H21FN2O2S/c1-3-7-16-11(4-2)8-10-5-6-12(9-13(10)14)19(15,17)18/h5-6,9,11,16H,3-4,7-8H2,1-2H3,(H2,15,17,18). The number of nitrogens with two attached hydrogens (primary N) is 1.